The van der Waals surface area contributed by atoms with E-state index >= 15 is 0 Å². The van der Waals surface area contributed by atoms with Crippen LogP contribution in [0.4, 0.5) is 0 Å². The summed E-state index contributed by atoms with van der Waals surface area (Å²) in [5.41, 5.74) is 9.54. The second kappa shape index (κ2) is 4.63. The van der Waals surface area contributed by atoms with E-state index in [4.69, 9.17) is 11.5 Å². The quantitative estimate of drug-likeness (QED) is 0.163. The lowest BCUT2D eigenvalue weighted by molar-refractivity contribution is -0.140. The molecule has 7 nitrogen and oxygen atoms in total. The number of guanidine groups is 1. The molecular weight excluding hydrogens is 174 g/mol. The average Bonchev–Trinajstić information content (AvgIpc) is 1.82. The van der Waals surface area contributed by atoms with Gasteiger partial charge in [-0.05, 0) is 16.2 Å². The van der Waals surface area contributed by atoms with Crippen LogP contribution in [0.5, 0.6) is 0 Å². The first-order chi connectivity index (χ1) is 5.02. The predicted octanol–water partition coefficient (Wildman–Crippen LogP) is -2.40. The largest absolute Gasteiger partial charge is 0.772 e. The number of nitrogens with two attached hydrogens (primary N) is 2. The van der Waals surface area contributed by atoms with Gasteiger partial charge in [-0.2, -0.15) is 0 Å². The molecule has 1 unspecified atom stereocenters. The lowest BCUT2D eigenvalue weighted by Gasteiger charge is -2.00. The number of hydrogen-bond acceptors (Lipinski definition) is 5. The molecule has 0 aliphatic rings. The molecule has 0 aliphatic heterocycles. The van der Waals surface area contributed by atoms with Gasteiger partial charge in [-0.15, -0.1) is 0 Å². The first kappa shape index (κ1) is 9.85. The summed E-state index contributed by atoms with van der Waals surface area (Å²) < 4.78 is 19.7. The summed E-state index contributed by atoms with van der Waals surface area (Å²) in [6, 6.07) is 0. The van der Waals surface area contributed by atoms with Gasteiger partial charge in [-0.1, -0.05) is 0 Å². The van der Waals surface area contributed by atoms with E-state index in [1.165, 1.54) is 0 Å². The van der Waals surface area contributed by atoms with Gasteiger partial charge in [0.1, 0.15) is 5.75 Å². The summed E-state index contributed by atoms with van der Waals surface area (Å²) in [7, 11) is 0. The molecular formula is C3H6N3O4S-. The maximum atomic E-state index is 10.3. The highest BCUT2D eigenvalue weighted by atomic mass is 32.2. The first-order valence-corrected chi connectivity index (χ1v) is 3.61. The van der Waals surface area contributed by atoms with Crippen molar-refractivity contribution < 1.29 is 18.4 Å². The zero-order valence-electron chi connectivity index (χ0n) is 5.35. The third kappa shape index (κ3) is 6.74. The molecule has 0 amide bonds. The standard InChI is InChI=1S/C3H7N3O4S/c4-3(5)6-10-2(7)1-11(8)9/h1H2,(H,8,9)(H4,4,5,6)/p-1. The number of carbonyl (C=O) groups is 1. The molecule has 0 fully saturated rings. The van der Waals surface area contributed by atoms with Gasteiger partial charge in [-0.25, -0.2) is 4.79 Å². The molecule has 11 heavy (non-hydrogen) atoms. The Hall–Kier alpha value is -1.15. The number of rotatable bonds is 3. The van der Waals surface area contributed by atoms with Crippen molar-refractivity contribution in [2.45, 2.75) is 0 Å². The third-order valence-electron chi connectivity index (χ3n) is 0.489. The van der Waals surface area contributed by atoms with Crippen LogP contribution in [-0.4, -0.2) is 26.4 Å². The van der Waals surface area contributed by atoms with Crippen molar-refractivity contribution in [3.05, 3.63) is 0 Å². The van der Waals surface area contributed by atoms with Crippen molar-refractivity contribution in [3.8, 4) is 0 Å². The van der Waals surface area contributed by atoms with E-state index < -0.39 is 28.8 Å². The molecule has 0 aromatic carbocycles. The van der Waals surface area contributed by atoms with E-state index in [-0.39, 0.29) is 0 Å². The summed E-state index contributed by atoms with van der Waals surface area (Å²) in [5.74, 6) is -2.25. The summed E-state index contributed by atoms with van der Waals surface area (Å²) in [6.07, 6.45) is 0. The zero-order chi connectivity index (χ0) is 8.85. The second-order valence-electron chi connectivity index (χ2n) is 1.43. The van der Waals surface area contributed by atoms with Crippen LogP contribution < -0.4 is 11.5 Å². The van der Waals surface area contributed by atoms with E-state index in [0.29, 0.717) is 0 Å². The van der Waals surface area contributed by atoms with Crippen molar-refractivity contribution in [2.75, 3.05) is 5.75 Å². The maximum Gasteiger partial charge on any atom is 0.346 e. The highest BCUT2D eigenvalue weighted by molar-refractivity contribution is 7.79. The predicted molar refractivity (Wildman–Crippen MR) is 35.7 cm³/mol. The van der Waals surface area contributed by atoms with Crippen molar-refractivity contribution >= 4 is 23.0 Å². The van der Waals surface area contributed by atoms with Gasteiger partial charge in [0.05, 0.1) is 0 Å². The molecule has 0 aromatic heterocycles. The van der Waals surface area contributed by atoms with Crippen molar-refractivity contribution in [1.29, 1.82) is 0 Å². The van der Waals surface area contributed by atoms with Crippen LogP contribution in [0.3, 0.4) is 0 Å². The van der Waals surface area contributed by atoms with Crippen LogP contribution in [0.1, 0.15) is 0 Å². The third-order valence-corrected chi connectivity index (χ3v) is 0.960. The van der Waals surface area contributed by atoms with Crippen LogP contribution in [0.2, 0.25) is 0 Å². The van der Waals surface area contributed by atoms with E-state index in [2.05, 4.69) is 9.99 Å². The molecule has 0 aromatic rings. The van der Waals surface area contributed by atoms with Gasteiger partial charge >= 0.3 is 5.97 Å². The highest BCUT2D eigenvalue weighted by Crippen LogP contribution is 1.81. The van der Waals surface area contributed by atoms with Gasteiger partial charge in [0.25, 0.3) is 0 Å². The number of nitrogens with zero attached hydrogens (tertiary/aromatic N) is 1. The smallest absolute Gasteiger partial charge is 0.346 e. The van der Waals surface area contributed by atoms with E-state index in [0.717, 1.165) is 0 Å². The second-order valence-corrected chi connectivity index (χ2v) is 2.32. The van der Waals surface area contributed by atoms with E-state index in [9.17, 15) is 13.6 Å². The maximum absolute atomic E-state index is 10.3. The minimum absolute atomic E-state index is 0.449. The molecule has 4 N–H and O–H groups in total. The molecule has 0 aliphatic carbocycles. The monoisotopic (exact) mass is 180 g/mol. The average molecular weight is 180 g/mol. The Labute approximate surface area is 64.7 Å². The molecule has 64 valence electrons. The summed E-state index contributed by atoms with van der Waals surface area (Å²) in [5, 5.41) is 2.83. The molecule has 0 bridgehead atoms. The minimum Gasteiger partial charge on any atom is -0.772 e. The Morgan fingerprint density at radius 3 is 2.55 bits per heavy atom. The molecule has 1 atom stereocenters. The Morgan fingerprint density at radius 2 is 2.18 bits per heavy atom. The Morgan fingerprint density at radius 1 is 1.64 bits per heavy atom. The summed E-state index contributed by atoms with van der Waals surface area (Å²) in [6.45, 7) is 0. The van der Waals surface area contributed by atoms with Gasteiger partial charge in [-0.3, -0.25) is 4.21 Å². The van der Waals surface area contributed by atoms with E-state index in [1.807, 2.05) is 0 Å². The lowest BCUT2D eigenvalue weighted by atomic mass is 10.8. The van der Waals surface area contributed by atoms with Crippen LogP contribution in [0, 0.1) is 0 Å². The summed E-state index contributed by atoms with van der Waals surface area (Å²) >= 11 is -2.49. The fourth-order valence-corrected chi connectivity index (χ4v) is 0.471. The highest BCUT2D eigenvalue weighted by Gasteiger charge is 2.01. The summed E-state index contributed by atoms with van der Waals surface area (Å²) in [4.78, 5) is 14.2. The topological polar surface area (TPSA) is 131 Å². The molecule has 8 heteroatoms. The van der Waals surface area contributed by atoms with Crippen LogP contribution in [0.25, 0.3) is 0 Å². The fraction of sp³-hybridized carbons (Fsp3) is 0.333. The van der Waals surface area contributed by atoms with Gasteiger partial charge in [0.15, 0.2) is 0 Å². The Kier molecular flexibility index (Phi) is 4.15. The Balaban J connectivity index is 3.71. The number of carbonyl (C=O) groups excluding carboxylic acids is 1. The van der Waals surface area contributed by atoms with Gasteiger partial charge in [0, 0.05) is 0 Å². The normalized spacial score (nSPS) is 11.7. The van der Waals surface area contributed by atoms with Crippen molar-refractivity contribution in [1.82, 2.24) is 0 Å². The molecule has 0 heterocycles. The minimum atomic E-state index is -2.49. The van der Waals surface area contributed by atoms with Gasteiger partial charge < -0.3 is 20.9 Å². The van der Waals surface area contributed by atoms with Crippen LogP contribution >= 0.6 is 0 Å². The van der Waals surface area contributed by atoms with Crippen LogP contribution in [0.15, 0.2) is 5.16 Å². The van der Waals surface area contributed by atoms with Crippen molar-refractivity contribution in [3.63, 3.8) is 0 Å². The Bertz CT molecular complexity index is 199. The van der Waals surface area contributed by atoms with Crippen LogP contribution in [-0.2, 0) is 20.7 Å². The fourth-order valence-electron chi connectivity index (χ4n) is 0.226. The van der Waals surface area contributed by atoms with Gasteiger partial charge in [0.2, 0.25) is 5.96 Å². The van der Waals surface area contributed by atoms with E-state index in [1.54, 1.807) is 0 Å². The zero-order valence-corrected chi connectivity index (χ0v) is 6.17. The molecule has 0 radical (unpaired) electrons. The lowest BCUT2D eigenvalue weighted by Crippen LogP contribution is -2.24. The van der Waals surface area contributed by atoms with Crippen molar-refractivity contribution in [2.24, 2.45) is 16.6 Å². The SMILES string of the molecule is NC(N)=NOC(=O)CS(=O)[O-]. The molecule has 0 spiro atoms. The molecule has 0 saturated carbocycles. The molecule has 0 saturated heterocycles. The first-order valence-electron chi connectivity index (χ1n) is 2.37. The number of hydrogen-bond donors (Lipinski definition) is 2. The molecule has 0 rings (SSSR count). The number of oxime groups is 1.